The number of carbonyl (C=O) groups excluding carboxylic acids is 2. The maximum absolute atomic E-state index is 12.2. The van der Waals surface area contributed by atoms with Crippen LogP contribution in [0.4, 0.5) is 9.59 Å². The van der Waals surface area contributed by atoms with Crippen molar-refractivity contribution in [3.05, 3.63) is 35.9 Å². The van der Waals surface area contributed by atoms with Crippen LogP contribution in [0, 0.1) is 5.92 Å². The van der Waals surface area contributed by atoms with Gasteiger partial charge in [0.1, 0.15) is 0 Å². The number of hydrogen-bond donors (Lipinski definition) is 5. The molecule has 7 nitrogen and oxygen atoms in total. The molecule has 0 bridgehead atoms. The van der Waals surface area contributed by atoms with Crippen LogP contribution in [0.1, 0.15) is 19.4 Å². The van der Waals surface area contributed by atoms with Crippen molar-refractivity contribution < 1.29 is 9.59 Å². The Morgan fingerprint density at radius 3 is 2.16 bits per heavy atom. The molecular formula is C18H31N5O2. The van der Waals surface area contributed by atoms with Gasteiger partial charge in [-0.2, -0.15) is 0 Å². The van der Waals surface area contributed by atoms with Crippen LogP contribution in [-0.2, 0) is 6.42 Å². The van der Waals surface area contributed by atoms with Crippen molar-refractivity contribution in [1.82, 2.24) is 26.6 Å². The monoisotopic (exact) mass is 349 g/mol. The molecule has 0 heterocycles. The van der Waals surface area contributed by atoms with E-state index in [4.69, 9.17) is 0 Å². The number of rotatable bonds is 9. The third kappa shape index (κ3) is 8.39. The van der Waals surface area contributed by atoms with Crippen molar-refractivity contribution in [2.75, 3.05) is 27.2 Å². The Hall–Kier alpha value is -2.28. The van der Waals surface area contributed by atoms with E-state index in [1.54, 1.807) is 7.05 Å². The van der Waals surface area contributed by atoms with Gasteiger partial charge in [-0.3, -0.25) is 0 Å². The molecule has 2 atom stereocenters. The van der Waals surface area contributed by atoms with E-state index in [9.17, 15) is 9.59 Å². The lowest BCUT2D eigenvalue weighted by molar-refractivity contribution is 0.230. The van der Waals surface area contributed by atoms with Gasteiger partial charge in [0.25, 0.3) is 0 Å². The zero-order chi connectivity index (χ0) is 18.7. The smallest absolute Gasteiger partial charge is 0.315 e. The van der Waals surface area contributed by atoms with E-state index in [0.29, 0.717) is 25.4 Å². The highest BCUT2D eigenvalue weighted by Crippen LogP contribution is 2.03. The second-order valence-corrected chi connectivity index (χ2v) is 6.34. The van der Waals surface area contributed by atoms with Crippen molar-refractivity contribution in [1.29, 1.82) is 0 Å². The van der Waals surface area contributed by atoms with E-state index in [-0.39, 0.29) is 24.1 Å². The fourth-order valence-electron chi connectivity index (χ4n) is 2.49. The van der Waals surface area contributed by atoms with Crippen LogP contribution < -0.4 is 26.6 Å². The molecule has 4 amide bonds. The fourth-order valence-corrected chi connectivity index (χ4v) is 2.49. The quantitative estimate of drug-likeness (QED) is 0.462. The summed E-state index contributed by atoms with van der Waals surface area (Å²) >= 11 is 0. The third-order valence-electron chi connectivity index (χ3n) is 4.05. The normalized spacial score (nSPS) is 13.0. The first-order valence-corrected chi connectivity index (χ1v) is 8.67. The van der Waals surface area contributed by atoms with Gasteiger partial charge in [-0.25, -0.2) is 9.59 Å². The molecule has 0 spiro atoms. The van der Waals surface area contributed by atoms with Gasteiger partial charge in [-0.1, -0.05) is 44.2 Å². The van der Waals surface area contributed by atoms with Crippen LogP contribution in [0.3, 0.4) is 0 Å². The first-order valence-electron chi connectivity index (χ1n) is 8.67. The minimum absolute atomic E-state index is 0.202. The van der Waals surface area contributed by atoms with Gasteiger partial charge >= 0.3 is 12.1 Å². The maximum atomic E-state index is 12.2. The van der Waals surface area contributed by atoms with Gasteiger partial charge in [0.2, 0.25) is 0 Å². The molecule has 0 aliphatic heterocycles. The summed E-state index contributed by atoms with van der Waals surface area (Å²) < 4.78 is 0. The van der Waals surface area contributed by atoms with Gasteiger partial charge in [0, 0.05) is 26.2 Å². The number of nitrogens with one attached hydrogen (secondary N) is 5. The Morgan fingerprint density at radius 1 is 0.960 bits per heavy atom. The maximum Gasteiger partial charge on any atom is 0.315 e. The lowest BCUT2D eigenvalue weighted by atomic mass is 10.0. The summed E-state index contributed by atoms with van der Waals surface area (Å²) in [6.07, 6.45) is 0.637. The molecule has 0 aliphatic carbocycles. The van der Waals surface area contributed by atoms with Gasteiger partial charge in [-0.15, -0.1) is 0 Å². The van der Waals surface area contributed by atoms with Crippen molar-refractivity contribution in [2.24, 2.45) is 5.92 Å². The van der Waals surface area contributed by atoms with Gasteiger partial charge in [0.15, 0.2) is 0 Å². The average molecular weight is 349 g/mol. The second kappa shape index (κ2) is 11.3. The van der Waals surface area contributed by atoms with E-state index in [1.165, 1.54) is 0 Å². The molecule has 0 saturated heterocycles. The summed E-state index contributed by atoms with van der Waals surface area (Å²) in [6, 6.07) is 9.37. The summed E-state index contributed by atoms with van der Waals surface area (Å²) in [5.74, 6) is 0.417. The highest BCUT2D eigenvalue weighted by atomic mass is 16.2. The SMILES string of the molecule is CNC(=O)NC[C@H](Cc1ccccc1)NC(=O)NC[C@@H](NC)C(C)C. The Kier molecular flexibility index (Phi) is 9.39. The predicted octanol–water partition coefficient (Wildman–Crippen LogP) is 1.07. The fraction of sp³-hybridized carbons (Fsp3) is 0.556. The molecule has 0 aromatic heterocycles. The van der Waals surface area contributed by atoms with Crippen LogP contribution in [0.15, 0.2) is 30.3 Å². The zero-order valence-corrected chi connectivity index (χ0v) is 15.6. The van der Waals surface area contributed by atoms with Crippen LogP contribution in [-0.4, -0.2) is 51.3 Å². The molecule has 0 saturated carbocycles. The summed E-state index contributed by atoms with van der Waals surface area (Å²) in [4.78, 5) is 23.6. The molecule has 7 heteroatoms. The van der Waals surface area contributed by atoms with Gasteiger partial charge in [-0.05, 0) is 24.9 Å². The molecule has 140 valence electrons. The van der Waals surface area contributed by atoms with Gasteiger partial charge in [0.05, 0.1) is 6.04 Å². The summed E-state index contributed by atoms with van der Waals surface area (Å²) in [6.45, 7) is 5.10. The standard InChI is InChI=1S/C18H31N5O2/c1-13(2)16(19-3)12-22-18(25)23-15(11-21-17(24)20-4)10-14-8-6-5-7-9-14/h5-9,13,15-16,19H,10-12H2,1-4H3,(H2,20,21,24)(H2,22,23,25)/t15-,16+/m0/s1. The van der Waals surface area contributed by atoms with Crippen LogP contribution in [0.25, 0.3) is 0 Å². The number of urea groups is 2. The molecule has 1 aromatic rings. The Morgan fingerprint density at radius 2 is 1.60 bits per heavy atom. The molecule has 0 aliphatic rings. The third-order valence-corrected chi connectivity index (χ3v) is 4.05. The molecule has 5 N–H and O–H groups in total. The Balaban J connectivity index is 2.58. The summed E-state index contributed by atoms with van der Waals surface area (Å²) in [5.41, 5.74) is 1.10. The van der Waals surface area contributed by atoms with Crippen LogP contribution >= 0.6 is 0 Å². The lowest BCUT2D eigenvalue weighted by Gasteiger charge is -2.23. The first kappa shape index (κ1) is 20.8. The molecule has 25 heavy (non-hydrogen) atoms. The topological polar surface area (TPSA) is 94.3 Å². The second-order valence-electron chi connectivity index (χ2n) is 6.34. The number of likely N-dealkylation sites (N-methyl/N-ethyl adjacent to an activating group) is 1. The van der Waals surface area contributed by atoms with E-state index in [0.717, 1.165) is 5.56 Å². The van der Waals surface area contributed by atoms with Crippen LogP contribution in [0.2, 0.25) is 0 Å². The van der Waals surface area contributed by atoms with E-state index >= 15 is 0 Å². The molecule has 1 rings (SSSR count). The first-order chi connectivity index (χ1) is 12.0. The lowest BCUT2D eigenvalue weighted by Crippen LogP contribution is -2.52. The largest absolute Gasteiger partial charge is 0.341 e. The van der Waals surface area contributed by atoms with E-state index < -0.39 is 0 Å². The zero-order valence-electron chi connectivity index (χ0n) is 15.6. The minimum atomic E-state index is -0.268. The van der Waals surface area contributed by atoms with E-state index in [2.05, 4.69) is 40.4 Å². The van der Waals surface area contributed by atoms with Crippen molar-refractivity contribution in [2.45, 2.75) is 32.4 Å². The van der Waals surface area contributed by atoms with Crippen molar-refractivity contribution in [3.63, 3.8) is 0 Å². The van der Waals surface area contributed by atoms with E-state index in [1.807, 2.05) is 37.4 Å². The molecule has 1 aromatic carbocycles. The Labute approximate surface area is 150 Å². The molecular weight excluding hydrogens is 318 g/mol. The molecule has 0 fully saturated rings. The van der Waals surface area contributed by atoms with Gasteiger partial charge < -0.3 is 26.6 Å². The highest BCUT2D eigenvalue weighted by Gasteiger charge is 2.16. The van der Waals surface area contributed by atoms with Crippen molar-refractivity contribution >= 4 is 12.1 Å². The number of amides is 4. The number of carbonyl (C=O) groups is 2. The van der Waals surface area contributed by atoms with Crippen molar-refractivity contribution in [3.8, 4) is 0 Å². The number of hydrogen-bond acceptors (Lipinski definition) is 3. The average Bonchev–Trinajstić information content (AvgIpc) is 2.60. The van der Waals surface area contributed by atoms with Crippen LogP contribution in [0.5, 0.6) is 0 Å². The number of benzene rings is 1. The highest BCUT2D eigenvalue weighted by molar-refractivity contribution is 5.75. The summed E-state index contributed by atoms with van der Waals surface area (Å²) in [5, 5.41) is 14.3. The predicted molar refractivity (Wildman–Crippen MR) is 101 cm³/mol. The minimum Gasteiger partial charge on any atom is -0.341 e. The molecule has 0 unspecified atom stereocenters. The molecule has 0 radical (unpaired) electrons. The summed E-state index contributed by atoms with van der Waals surface area (Å²) in [7, 11) is 3.45. The Bertz CT molecular complexity index is 521.